The van der Waals surface area contributed by atoms with Crippen LogP contribution in [-0.4, -0.2) is 19.0 Å². The van der Waals surface area contributed by atoms with Crippen LogP contribution < -0.4 is 5.73 Å². The molecule has 2 N–H and O–H groups in total. The molecule has 0 spiro atoms. The van der Waals surface area contributed by atoms with Crippen molar-refractivity contribution in [1.82, 2.24) is 4.90 Å². The van der Waals surface area contributed by atoms with Crippen molar-refractivity contribution < 1.29 is 0 Å². The fourth-order valence-corrected chi connectivity index (χ4v) is 1.24. The summed E-state index contributed by atoms with van der Waals surface area (Å²) in [5, 5.41) is 8.70. The van der Waals surface area contributed by atoms with Crippen LogP contribution in [0.15, 0.2) is 18.2 Å². The van der Waals surface area contributed by atoms with Gasteiger partial charge in [0, 0.05) is 12.2 Å². The molecule has 68 valence electrons. The predicted octanol–water partition coefficient (Wildman–Crippen LogP) is 1.20. The summed E-state index contributed by atoms with van der Waals surface area (Å²) in [6.07, 6.45) is 0. The smallest absolute Gasteiger partial charge is 0.0992 e. The van der Waals surface area contributed by atoms with E-state index in [4.69, 9.17) is 11.0 Å². The first-order valence-corrected chi connectivity index (χ1v) is 4.06. The quantitative estimate of drug-likeness (QED) is 0.687. The van der Waals surface area contributed by atoms with Gasteiger partial charge in [0.25, 0.3) is 0 Å². The van der Waals surface area contributed by atoms with Gasteiger partial charge >= 0.3 is 0 Å². The predicted molar refractivity (Wildman–Crippen MR) is 53.0 cm³/mol. The first-order valence-electron chi connectivity index (χ1n) is 4.06. The van der Waals surface area contributed by atoms with Crippen LogP contribution in [0.3, 0.4) is 0 Å². The maximum atomic E-state index is 8.70. The van der Waals surface area contributed by atoms with Crippen molar-refractivity contribution in [2.45, 2.75) is 6.54 Å². The van der Waals surface area contributed by atoms with Gasteiger partial charge in [0.15, 0.2) is 0 Å². The van der Waals surface area contributed by atoms with Gasteiger partial charge in [-0.25, -0.2) is 0 Å². The van der Waals surface area contributed by atoms with Gasteiger partial charge in [0.2, 0.25) is 0 Å². The zero-order valence-electron chi connectivity index (χ0n) is 7.91. The second-order valence-corrected chi connectivity index (χ2v) is 3.31. The molecule has 0 atom stereocenters. The fraction of sp³-hybridized carbons (Fsp3) is 0.300. The van der Waals surface area contributed by atoms with E-state index in [2.05, 4.69) is 6.07 Å². The van der Waals surface area contributed by atoms with E-state index in [1.807, 2.05) is 31.1 Å². The Morgan fingerprint density at radius 1 is 1.38 bits per heavy atom. The van der Waals surface area contributed by atoms with Gasteiger partial charge < -0.3 is 10.6 Å². The SMILES string of the molecule is CN(C)Cc1cc(N)cc(C#N)c1. The van der Waals surface area contributed by atoms with E-state index in [0.29, 0.717) is 11.3 Å². The Morgan fingerprint density at radius 2 is 2.08 bits per heavy atom. The second kappa shape index (κ2) is 3.92. The molecule has 1 aromatic rings. The Balaban J connectivity index is 2.96. The minimum atomic E-state index is 0.622. The number of benzene rings is 1. The van der Waals surface area contributed by atoms with Crippen molar-refractivity contribution >= 4 is 5.69 Å². The van der Waals surface area contributed by atoms with Crippen molar-refractivity contribution in [2.24, 2.45) is 0 Å². The Bertz CT molecular complexity index is 337. The molecule has 0 amide bonds. The van der Waals surface area contributed by atoms with E-state index < -0.39 is 0 Å². The van der Waals surface area contributed by atoms with Gasteiger partial charge in [0.1, 0.15) is 0 Å². The second-order valence-electron chi connectivity index (χ2n) is 3.31. The van der Waals surface area contributed by atoms with Crippen LogP contribution in [0.4, 0.5) is 5.69 Å². The zero-order chi connectivity index (χ0) is 9.84. The van der Waals surface area contributed by atoms with Crippen molar-refractivity contribution in [1.29, 1.82) is 5.26 Å². The summed E-state index contributed by atoms with van der Waals surface area (Å²) < 4.78 is 0. The normalized spacial score (nSPS) is 10.0. The van der Waals surface area contributed by atoms with Gasteiger partial charge in [-0.15, -0.1) is 0 Å². The average Bonchev–Trinajstić information content (AvgIpc) is 2.01. The summed E-state index contributed by atoms with van der Waals surface area (Å²) >= 11 is 0. The van der Waals surface area contributed by atoms with Crippen molar-refractivity contribution in [3.63, 3.8) is 0 Å². The molecule has 3 heteroatoms. The topological polar surface area (TPSA) is 53.0 Å². The Labute approximate surface area is 78.4 Å². The molecular formula is C10H13N3. The summed E-state index contributed by atoms with van der Waals surface area (Å²) in [6, 6.07) is 7.51. The number of nitrogens with zero attached hydrogens (tertiary/aromatic N) is 2. The molecular weight excluding hydrogens is 162 g/mol. The highest BCUT2D eigenvalue weighted by Crippen LogP contribution is 2.12. The number of nitrogens with two attached hydrogens (primary N) is 1. The molecule has 0 radical (unpaired) electrons. The third-order valence-corrected chi connectivity index (χ3v) is 1.64. The van der Waals surface area contributed by atoms with E-state index in [1.165, 1.54) is 0 Å². The maximum Gasteiger partial charge on any atom is 0.0992 e. The van der Waals surface area contributed by atoms with Crippen LogP contribution in [0, 0.1) is 11.3 Å². The van der Waals surface area contributed by atoms with Crippen LogP contribution >= 0.6 is 0 Å². The van der Waals surface area contributed by atoms with E-state index >= 15 is 0 Å². The molecule has 1 rings (SSSR count). The number of nitrogen functional groups attached to an aromatic ring is 1. The first-order chi connectivity index (χ1) is 6.11. The summed E-state index contributed by atoms with van der Waals surface area (Å²) in [6.45, 7) is 0.805. The Hall–Kier alpha value is -1.53. The van der Waals surface area contributed by atoms with E-state index in [9.17, 15) is 0 Å². The molecule has 0 heterocycles. The van der Waals surface area contributed by atoms with Gasteiger partial charge in [0.05, 0.1) is 11.6 Å². The lowest BCUT2D eigenvalue weighted by atomic mass is 10.1. The summed E-state index contributed by atoms with van der Waals surface area (Å²) in [4.78, 5) is 2.04. The first kappa shape index (κ1) is 9.56. The molecule has 0 aromatic heterocycles. The van der Waals surface area contributed by atoms with Crippen molar-refractivity contribution in [3.8, 4) is 6.07 Å². The fourth-order valence-electron chi connectivity index (χ4n) is 1.24. The van der Waals surface area contributed by atoms with Crippen molar-refractivity contribution in [2.75, 3.05) is 19.8 Å². The number of anilines is 1. The molecule has 0 saturated heterocycles. The van der Waals surface area contributed by atoms with Gasteiger partial charge in [-0.1, -0.05) is 0 Å². The monoisotopic (exact) mass is 175 g/mol. The highest BCUT2D eigenvalue weighted by molar-refractivity contribution is 5.48. The standard InChI is InChI=1S/C10H13N3/c1-13(2)7-9-3-8(6-11)4-10(12)5-9/h3-5H,7,12H2,1-2H3. The largest absolute Gasteiger partial charge is 0.399 e. The minimum Gasteiger partial charge on any atom is -0.399 e. The lowest BCUT2D eigenvalue weighted by molar-refractivity contribution is 0.402. The van der Waals surface area contributed by atoms with E-state index in [1.54, 1.807) is 6.07 Å². The van der Waals surface area contributed by atoms with Gasteiger partial charge in [-0.3, -0.25) is 0 Å². The van der Waals surface area contributed by atoms with Crippen LogP contribution in [-0.2, 0) is 6.54 Å². The third kappa shape index (κ3) is 2.77. The van der Waals surface area contributed by atoms with Crippen LogP contribution in [0.5, 0.6) is 0 Å². The number of rotatable bonds is 2. The molecule has 0 unspecified atom stereocenters. The average molecular weight is 175 g/mol. The molecule has 3 nitrogen and oxygen atoms in total. The lowest BCUT2D eigenvalue weighted by Crippen LogP contribution is -2.10. The summed E-state index contributed by atoms with van der Waals surface area (Å²) in [7, 11) is 3.96. The van der Waals surface area contributed by atoms with E-state index in [-0.39, 0.29) is 0 Å². The maximum absolute atomic E-state index is 8.70. The van der Waals surface area contributed by atoms with Crippen molar-refractivity contribution in [3.05, 3.63) is 29.3 Å². The zero-order valence-corrected chi connectivity index (χ0v) is 7.91. The number of hydrogen-bond acceptors (Lipinski definition) is 3. The van der Waals surface area contributed by atoms with Crippen LogP contribution in [0.1, 0.15) is 11.1 Å². The van der Waals surface area contributed by atoms with E-state index in [0.717, 1.165) is 12.1 Å². The highest BCUT2D eigenvalue weighted by atomic mass is 15.0. The Morgan fingerprint density at radius 3 is 2.62 bits per heavy atom. The van der Waals surface area contributed by atoms with Gasteiger partial charge in [-0.05, 0) is 37.9 Å². The third-order valence-electron chi connectivity index (χ3n) is 1.64. The molecule has 0 fully saturated rings. The molecule has 0 aliphatic rings. The van der Waals surface area contributed by atoms with Crippen LogP contribution in [0.25, 0.3) is 0 Å². The number of hydrogen-bond donors (Lipinski definition) is 1. The summed E-state index contributed by atoms with van der Waals surface area (Å²) in [5.41, 5.74) is 7.98. The molecule has 0 aliphatic carbocycles. The molecule has 13 heavy (non-hydrogen) atoms. The van der Waals surface area contributed by atoms with Crippen LogP contribution in [0.2, 0.25) is 0 Å². The lowest BCUT2D eigenvalue weighted by Gasteiger charge is -2.10. The highest BCUT2D eigenvalue weighted by Gasteiger charge is 1.99. The minimum absolute atomic E-state index is 0.622. The number of nitriles is 1. The summed E-state index contributed by atoms with van der Waals surface area (Å²) in [5.74, 6) is 0. The Kier molecular flexibility index (Phi) is 2.88. The molecule has 0 bridgehead atoms. The molecule has 0 saturated carbocycles. The van der Waals surface area contributed by atoms with Gasteiger partial charge in [-0.2, -0.15) is 5.26 Å². The molecule has 0 aliphatic heterocycles. The molecule has 1 aromatic carbocycles.